The van der Waals surface area contributed by atoms with Gasteiger partial charge in [-0.1, -0.05) is 0 Å². The van der Waals surface area contributed by atoms with Crippen molar-refractivity contribution in [2.24, 2.45) is 0 Å². The minimum absolute atomic E-state index is 0.257. The van der Waals surface area contributed by atoms with Gasteiger partial charge in [-0.05, 0) is 49.2 Å². The molecule has 0 N–H and O–H groups in total. The second-order valence-electron chi connectivity index (χ2n) is 5.49. The van der Waals surface area contributed by atoms with Gasteiger partial charge in [0, 0.05) is 0 Å². The summed E-state index contributed by atoms with van der Waals surface area (Å²) in [6.45, 7) is 3.96. The molecule has 0 aliphatic carbocycles. The molecule has 0 amide bonds. The third kappa shape index (κ3) is 2.46. The van der Waals surface area contributed by atoms with E-state index in [1.54, 1.807) is 0 Å². The second kappa shape index (κ2) is 5.88. The maximum atomic E-state index is 12.0. The zero-order valence-corrected chi connectivity index (χ0v) is 13.8. The Hall–Kier alpha value is -3.02. The van der Waals surface area contributed by atoms with E-state index in [-0.39, 0.29) is 11.1 Å². The number of carbonyl (C=O) groups is 2. The standard InChI is InChI=1S/C18H16N2O4/c1-9-7-13-14(8-10(9)2)20-16-12(18(22)24-4)6-5-11(15(16)19-13)17(21)23-3/h5-8H,1-4H3. The average molecular weight is 324 g/mol. The van der Waals surface area contributed by atoms with Crippen LogP contribution in [0.5, 0.6) is 0 Å². The molecule has 1 heterocycles. The normalized spacial score (nSPS) is 10.8. The monoisotopic (exact) mass is 324 g/mol. The van der Waals surface area contributed by atoms with E-state index in [1.807, 2.05) is 26.0 Å². The highest BCUT2D eigenvalue weighted by Crippen LogP contribution is 2.25. The van der Waals surface area contributed by atoms with Crippen LogP contribution in [0.3, 0.4) is 0 Å². The fourth-order valence-corrected chi connectivity index (χ4v) is 2.56. The molecule has 0 aliphatic rings. The number of benzene rings is 2. The lowest BCUT2D eigenvalue weighted by Gasteiger charge is -2.10. The number of aryl methyl sites for hydroxylation is 2. The van der Waals surface area contributed by atoms with E-state index < -0.39 is 11.9 Å². The fraction of sp³-hybridized carbons (Fsp3) is 0.222. The molecule has 0 bridgehead atoms. The Balaban J connectivity index is 2.45. The number of ether oxygens (including phenoxy) is 2. The summed E-state index contributed by atoms with van der Waals surface area (Å²) >= 11 is 0. The van der Waals surface area contributed by atoms with Gasteiger partial charge < -0.3 is 9.47 Å². The molecule has 0 unspecified atom stereocenters. The van der Waals surface area contributed by atoms with E-state index in [2.05, 4.69) is 9.97 Å². The molecule has 0 fully saturated rings. The predicted molar refractivity (Wildman–Crippen MR) is 89.2 cm³/mol. The SMILES string of the molecule is COC(=O)c1ccc(C(=O)OC)c2nc3cc(C)c(C)cc3nc12. The summed E-state index contributed by atoms with van der Waals surface area (Å²) in [5, 5.41) is 0. The fourth-order valence-electron chi connectivity index (χ4n) is 2.56. The molecule has 3 rings (SSSR count). The molecule has 24 heavy (non-hydrogen) atoms. The minimum atomic E-state index is -0.533. The summed E-state index contributed by atoms with van der Waals surface area (Å²) in [5.41, 5.74) is 4.59. The van der Waals surface area contributed by atoms with Gasteiger partial charge in [0.05, 0.1) is 36.4 Å². The summed E-state index contributed by atoms with van der Waals surface area (Å²) in [4.78, 5) is 33.2. The van der Waals surface area contributed by atoms with Crippen molar-refractivity contribution in [1.29, 1.82) is 0 Å². The Labute approximate surface area is 138 Å². The van der Waals surface area contributed by atoms with Crippen molar-refractivity contribution in [3.8, 4) is 0 Å². The third-order valence-electron chi connectivity index (χ3n) is 4.02. The Bertz CT molecular complexity index is 915. The number of aromatic nitrogens is 2. The van der Waals surface area contributed by atoms with Crippen LogP contribution in [-0.4, -0.2) is 36.1 Å². The Morgan fingerprint density at radius 3 is 1.50 bits per heavy atom. The first-order valence-electron chi connectivity index (χ1n) is 7.34. The van der Waals surface area contributed by atoms with Gasteiger partial charge in [-0.15, -0.1) is 0 Å². The molecule has 6 heteroatoms. The van der Waals surface area contributed by atoms with Crippen molar-refractivity contribution < 1.29 is 19.1 Å². The molecular formula is C18H16N2O4. The van der Waals surface area contributed by atoms with Gasteiger partial charge in [0.2, 0.25) is 0 Å². The highest BCUT2D eigenvalue weighted by atomic mass is 16.5. The van der Waals surface area contributed by atoms with E-state index in [0.717, 1.165) is 11.1 Å². The number of rotatable bonds is 2. The van der Waals surface area contributed by atoms with Crippen molar-refractivity contribution in [3.63, 3.8) is 0 Å². The maximum Gasteiger partial charge on any atom is 0.340 e. The second-order valence-corrected chi connectivity index (χ2v) is 5.49. The quantitative estimate of drug-likeness (QED) is 0.533. The van der Waals surface area contributed by atoms with Gasteiger partial charge >= 0.3 is 11.9 Å². The molecule has 0 saturated heterocycles. The number of hydrogen-bond acceptors (Lipinski definition) is 6. The molecule has 1 aromatic heterocycles. The van der Waals surface area contributed by atoms with Gasteiger partial charge in [-0.2, -0.15) is 0 Å². The Morgan fingerprint density at radius 2 is 1.17 bits per heavy atom. The largest absolute Gasteiger partial charge is 0.465 e. The number of carbonyl (C=O) groups excluding carboxylic acids is 2. The van der Waals surface area contributed by atoms with Crippen molar-refractivity contribution in [2.75, 3.05) is 14.2 Å². The molecule has 0 saturated carbocycles. The molecule has 0 spiro atoms. The molecular weight excluding hydrogens is 308 g/mol. The van der Waals surface area contributed by atoms with Crippen LogP contribution in [0.1, 0.15) is 31.8 Å². The van der Waals surface area contributed by atoms with Crippen molar-refractivity contribution in [1.82, 2.24) is 9.97 Å². The highest BCUT2D eigenvalue weighted by molar-refractivity contribution is 6.10. The van der Waals surface area contributed by atoms with Crippen molar-refractivity contribution in [2.45, 2.75) is 13.8 Å². The number of nitrogens with zero attached hydrogens (tertiary/aromatic N) is 2. The van der Waals surface area contributed by atoms with Crippen molar-refractivity contribution >= 4 is 34.0 Å². The molecule has 6 nitrogen and oxygen atoms in total. The summed E-state index contributed by atoms with van der Waals surface area (Å²) in [6, 6.07) is 6.82. The molecule has 0 atom stereocenters. The lowest BCUT2D eigenvalue weighted by molar-refractivity contribution is 0.0589. The lowest BCUT2D eigenvalue weighted by atomic mass is 10.1. The van der Waals surface area contributed by atoms with Gasteiger partial charge in [0.1, 0.15) is 11.0 Å². The lowest BCUT2D eigenvalue weighted by Crippen LogP contribution is -2.09. The molecule has 2 aromatic carbocycles. The van der Waals surface area contributed by atoms with Crippen LogP contribution in [0.15, 0.2) is 24.3 Å². The van der Waals surface area contributed by atoms with Gasteiger partial charge in [-0.25, -0.2) is 19.6 Å². The van der Waals surface area contributed by atoms with E-state index in [9.17, 15) is 9.59 Å². The van der Waals surface area contributed by atoms with Crippen LogP contribution in [0, 0.1) is 13.8 Å². The van der Waals surface area contributed by atoms with E-state index in [0.29, 0.717) is 22.1 Å². The van der Waals surface area contributed by atoms with Crippen LogP contribution in [-0.2, 0) is 9.47 Å². The van der Waals surface area contributed by atoms with Crippen LogP contribution < -0.4 is 0 Å². The molecule has 122 valence electrons. The summed E-state index contributed by atoms with van der Waals surface area (Å²) in [6.07, 6.45) is 0. The topological polar surface area (TPSA) is 78.4 Å². The van der Waals surface area contributed by atoms with Gasteiger partial charge in [0.25, 0.3) is 0 Å². The number of methoxy groups -OCH3 is 2. The molecule has 3 aromatic rings. The van der Waals surface area contributed by atoms with Crippen LogP contribution in [0.2, 0.25) is 0 Å². The molecule has 0 radical (unpaired) electrons. The first-order chi connectivity index (χ1) is 11.5. The highest BCUT2D eigenvalue weighted by Gasteiger charge is 2.20. The first-order valence-corrected chi connectivity index (χ1v) is 7.34. The Morgan fingerprint density at radius 1 is 0.792 bits per heavy atom. The third-order valence-corrected chi connectivity index (χ3v) is 4.02. The Kier molecular flexibility index (Phi) is 3.89. The van der Waals surface area contributed by atoms with Crippen LogP contribution in [0.25, 0.3) is 22.1 Å². The van der Waals surface area contributed by atoms with Gasteiger partial charge in [-0.3, -0.25) is 0 Å². The van der Waals surface area contributed by atoms with Gasteiger partial charge in [0.15, 0.2) is 0 Å². The summed E-state index contributed by atoms with van der Waals surface area (Å²) in [5.74, 6) is -1.07. The number of esters is 2. The van der Waals surface area contributed by atoms with E-state index in [1.165, 1.54) is 26.4 Å². The average Bonchev–Trinajstić information content (AvgIpc) is 2.59. The number of fused-ring (bicyclic) bond motifs is 2. The van der Waals surface area contributed by atoms with Crippen LogP contribution in [0.4, 0.5) is 0 Å². The predicted octanol–water partition coefficient (Wildman–Crippen LogP) is 2.97. The zero-order chi connectivity index (χ0) is 17.4. The van der Waals surface area contributed by atoms with Crippen molar-refractivity contribution in [3.05, 3.63) is 46.5 Å². The zero-order valence-electron chi connectivity index (χ0n) is 13.8. The summed E-state index contributed by atoms with van der Waals surface area (Å²) in [7, 11) is 2.59. The van der Waals surface area contributed by atoms with E-state index in [4.69, 9.17) is 9.47 Å². The summed E-state index contributed by atoms with van der Waals surface area (Å²) < 4.78 is 9.61. The van der Waals surface area contributed by atoms with Crippen LogP contribution >= 0.6 is 0 Å². The number of hydrogen-bond donors (Lipinski definition) is 0. The van der Waals surface area contributed by atoms with E-state index >= 15 is 0 Å². The maximum absolute atomic E-state index is 12.0. The smallest absolute Gasteiger partial charge is 0.340 e. The molecule has 0 aliphatic heterocycles. The first kappa shape index (κ1) is 15.9. The minimum Gasteiger partial charge on any atom is -0.465 e.